The molecule has 0 aromatic carbocycles. The number of furan rings is 1. The Morgan fingerprint density at radius 3 is 2.85 bits per heavy atom. The predicted octanol–water partition coefficient (Wildman–Crippen LogP) is 3.79. The maximum atomic E-state index is 5.67. The van der Waals surface area contributed by atoms with Gasteiger partial charge in [0.15, 0.2) is 0 Å². The molecule has 3 nitrogen and oxygen atoms in total. The fourth-order valence-corrected chi connectivity index (χ4v) is 3.15. The van der Waals surface area contributed by atoms with Crippen molar-refractivity contribution >= 4 is 0 Å². The zero-order chi connectivity index (χ0) is 14.2. The lowest BCUT2D eigenvalue weighted by Crippen LogP contribution is -2.26. The van der Waals surface area contributed by atoms with Crippen LogP contribution in [0.2, 0.25) is 0 Å². The molecule has 0 radical (unpaired) electrons. The van der Waals surface area contributed by atoms with Crippen LogP contribution >= 0.6 is 0 Å². The van der Waals surface area contributed by atoms with E-state index in [1.54, 1.807) is 0 Å². The van der Waals surface area contributed by atoms with E-state index in [1.807, 2.05) is 6.26 Å². The molecule has 20 heavy (non-hydrogen) atoms. The first-order chi connectivity index (χ1) is 9.78. The van der Waals surface area contributed by atoms with E-state index in [1.165, 1.54) is 50.6 Å². The molecule has 0 atom stereocenters. The Bertz CT molecular complexity index is 369. The van der Waals surface area contributed by atoms with Gasteiger partial charge in [0.25, 0.3) is 0 Å². The zero-order valence-electron chi connectivity index (χ0n) is 13.2. The predicted molar refractivity (Wildman–Crippen MR) is 83.6 cm³/mol. The van der Waals surface area contributed by atoms with Gasteiger partial charge in [-0.05, 0) is 44.8 Å². The first-order valence-electron chi connectivity index (χ1n) is 8.23. The SMILES string of the molecule is CCCNCc1coc(CN(C)CC2CCCCC2)c1. The highest BCUT2D eigenvalue weighted by molar-refractivity contribution is 5.12. The highest BCUT2D eigenvalue weighted by Gasteiger charge is 2.16. The highest BCUT2D eigenvalue weighted by atomic mass is 16.3. The molecule has 1 aliphatic carbocycles. The molecule has 1 saturated carbocycles. The van der Waals surface area contributed by atoms with Gasteiger partial charge in [-0.3, -0.25) is 4.90 Å². The van der Waals surface area contributed by atoms with Gasteiger partial charge >= 0.3 is 0 Å². The van der Waals surface area contributed by atoms with E-state index in [0.717, 1.165) is 31.3 Å². The molecule has 0 aliphatic heterocycles. The van der Waals surface area contributed by atoms with Crippen LogP contribution in [0.3, 0.4) is 0 Å². The minimum absolute atomic E-state index is 0.898. The maximum absolute atomic E-state index is 5.67. The highest BCUT2D eigenvalue weighted by Crippen LogP contribution is 2.24. The molecule has 0 saturated heterocycles. The van der Waals surface area contributed by atoms with Gasteiger partial charge in [-0.2, -0.15) is 0 Å². The number of nitrogens with zero attached hydrogens (tertiary/aromatic N) is 1. The van der Waals surface area contributed by atoms with Crippen LogP contribution in [-0.4, -0.2) is 25.0 Å². The molecule has 3 heteroatoms. The summed E-state index contributed by atoms with van der Waals surface area (Å²) in [5.41, 5.74) is 1.26. The number of rotatable bonds is 8. The van der Waals surface area contributed by atoms with Crippen molar-refractivity contribution in [3.05, 3.63) is 23.7 Å². The number of hydrogen-bond donors (Lipinski definition) is 1. The smallest absolute Gasteiger partial charge is 0.118 e. The Morgan fingerprint density at radius 1 is 1.30 bits per heavy atom. The van der Waals surface area contributed by atoms with Gasteiger partial charge in [-0.25, -0.2) is 0 Å². The Balaban J connectivity index is 1.71. The monoisotopic (exact) mass is 278 g/mol. The van der Waals surface area contributed by atoms with E-state index in [9.17, 15) is 0 Å². The summed E-state index contributed by atoms with van der Waals surface area (Å²) in [4.78, 5) is 2.41. The molecule has 114 valence electrons. The molecule has 0 bridgehead atoms. The normalized spacial score (nSPS) is 16.9. The van der Waals surface area contributed by atoms with E-state index in [-0.39, 0.29) is 0 Å². The van der Waals surface area contributed by atoms with Crippen molar-refractivity contribution < 1.29 is 4.42 Å². The summed E-state index contributed by atoms with van der Waals surface area (Å²) >= 11 is 0. The Morgan fingerprint density at radius 2 is 2.10 bits per heavy atom. The quantitative estimate of drug-likeness (QED) is 0.733. The van der Waals surface area contributed by atoms with E-state index >= 15 is 0 Å². The van der Waals surface area contributed by atoms with Crippen molar-refractivity contribution in [1.29, 1.82) is 0 Å². The third-order valence-corrected chi connectivity index (χ3v) is 4.18. The van der Waals surface area contributed by atoms with Crippen LogP contribution in [0.25, 0.3) is 0 Å². The number of nitrogens with one attached hydrogen (secondary N) is 1. The van der Waals surface area contributed by atoms with Crippen molar-refractivity contribution in [2.24, 2.45) is 5.92 Å². The fraction of sp³-hybridized carbons (Fsp3) is 0.765. The van der Waals surface area contributed by atoms with Crippen LogP contribution < -0.4 is 5.32 Å². The Labute approximate surface area is 123 Å². The molecule has 0 unspecified atom stereocenters. The van der Waals surface area contributed by atoms with Gasteiger partial charge in [-0.1, -0.05) is 26.2 Å². The van der Waals surface area contributed by atoms with Crippen LogP contribution in [0.1, 0.15) is 56.8 Å². The molecule has 0 amide bonds. The second-order valence-corrected chi connectivity index (χ2v) is 6.30. The second kappa shape index (κ2) is 8.48. The summed E-state index contributed by atoms with van der Waals surface area (Å²) in [7, 11) is 2.21. The van der Waals surface area contributed by atoms with Gasteiger partial charge in [0.05, 0.1) is 12.8 Å². The Kier molecular flexibility index (Phi) is 6.61. The van der Waals surface area contributed by atoms with Crippen LogP contribution in [0.4, 0.5) is 0 Å². The standard InChI is InChI=1S/C17H30N2O/c1-3-9-18-11-16-10-17(20-14-16)13-19(2)12-15-7-5-4-6-8-15/h10,14-15,18H,3-9,11-13H2,1-2H3. The summed E-state index contributed by atoms with van der Waals surface area (Å²) in [5, 5.41) is 3.41. The van der Waals surface area contributed by atoms with Crippen LogP contribution in [-0.2, 0) is 13.1 Å². The summed E-state index contributed by atoms with van der Waals surface area (Å²) in [6.07, 6.45) is 10.2. The molecular weight excluding hydrogens is 248 g/mol. The molecule has 1 fully saturated rings. The van der Waals surface area contributed by atoms with Crippen LogP contribution in [0.15, 0.2) is 16.7 Å². The number of hydrogen-bond acceptors (Lipinski definition) is 3. The van der Waals surface area contributed by atoms with E-state index in [2.05, 4.69) is 30.3 Å². The molecule has 0 spiro atoms. The van der Waals surface area contributed by atoms with Gasteiger partial charge in [0, 0.05) is 18.7 Å². The molecule has 1 aromatic heterocycles. The van der Waals surface area contributed by atoms with Crippen molar-refractivity contribution in [2.45, 2.75) is 58.5 Å². The van der Waals surface area contributed by atoms with Crippen molar-refractivity contribution in [1.82, 2.24) is 10.2 Å². The lowest BCUT2D eigenvalue weighted by atomic mass is 9.89. The van der Waals surface area contributed by atoms with Crippen molar-refractivity contribution in [3.63, 3.8) is 0 Å². The average molecular weight is 278 g/mol. The largest absolute Gasteiger partial charge is 0.468 e. The molecule has 1 heterocycles. The third-order valence-electron chi connectivity index (χ3n) is 4.18. The molecule has 1 aliphatic rings. The summed E-state index contributed by atoms with van der Waals surface area (Å²) in [5.74, 6) is 1.99. The summed E-state index contributed by atoms with van der Waals surface area (Å²) in [6, 6.07) is 2.19. The van der Waals surface area contributed by atoms with Crippen LogP contribution in [0, 0.1) is 5.92 Å². The van der Waals surface area contributed by atoms with Gasteiger partial charge in [-0.15, -0.1) is 0 Å². The maximum Gasteiger partial charge on any atom is 0.118 e. The topological polar surface area (TPSA) is 28.4 Å². The minimum Gasteiger partial charge on any atom is -0.468 e. The lowest BCUT2D eigenvalue weighted by molar-refractivity contribution is 0.216. The second-order valence-electron chi connectivity index (χ2n) is 6.30. The lowest BCUT2D eigenvalue weighted by Gasteiger charge is -2.26. The minimum atomic E-state index is 0.898. The first-order valence-corrected chi connectivity index (χ1v) is 8.23. The molecule has 1 aromatic rings. The molecule has 1 N–H and O–H groups in total. The van der Waals surface area contributed by atoms with Crippen molar-refractivity contribution in [2.75, 3.05) is 20.1 Å². The van der Waals surface area contributed by atoms with E-state index in [4.69, 9.17) is 4.42 Å². The van der Waals surface area contributed by atoms with E-state index in [0.29, 0.717) is 0 Å². The summed E-state index contributed by atoms with van der Waals surface area (Å²) < 4.78 is 5.67. The first kappa shape index (κ1) is 15.6. The van der Waals surface area contributed by atoms with Crippen molar-refractivity contribution in [3.8, 4) is 0 Å². The third kappa shape index (κ3) is 5.29. The molecular formula is C17H30N2O. The zero-order valence-corrected chi connectivity index (χ0v) is 13.2. The van der Waals surface area contributed by atoms with Gasteiger partial charge < -0.3 is 9.73 Å². The molecule has 2 rings (SSSR count). The van der Waals surface area contributed by atoms with Crippen LogP contribution in [0.5, 0.6) is 0 Å². The van der Waals surface area contributed by atoms with Gasteiger partial charge in [0.1, 0.15) is 5.76 Å². The average Bonchev–Trinajstić information content (AvgIpc) is 2.87. The Hall–Kier alpha value is -0.800. The van der Waals surface area contributed by atoms with Gasteiger partial charge in [0.2, 0.25) is 0 Å². The van der Waals surface area contributed by atoms with E-state index < -0.39 is 0 Å². The summed E-state index contributed by atoms with van der Waals surface area (Å²) in [6.45, 7) is 6.33. The fourth-order valence-electron chi connectivity index (χ4n) is 3.15.